The van der Waals surface area contributed by atoms with Crippen LogP contribution >= 0.6 is 69.8 Å². The number of likely N-dealkylation sites (tertiary alicyclic amines) is 3. The number of nitrogens with one attached hydrogen (secondary N) is 6. The van der Waals surface area contributed by atoms with E-state index in [1.807, 2.05) is 61.5 Å². The molecule has 1 unspecified atom stereocenters. The Kier molecular flexibility index (Phi) is 37.3. The number of allylic oxidation sites excluding steroid dienone is 6. The maximum absolute atomic E-state index is 14.4. The van der Waals surface area contributed by atoms with Gasteiger partial charge in [-0.3, -0.25) is 58.1 Å². The van der Waals surface area contributed by atoms with Crippen LogP contribution in [0.25, 0.3) is 27.1 Å². The van der Waals surface area contributed by atoms with E-state index in [1.165, 1.54) is 54.6 Å². The number of guanidine groups is 1. The van der Waals surface area contributed by atoms with Crippen molar-refractivity contribution in [1.82, 2.24) is 46.3 Å². The van der Waals surface area contributed by atoms with E-state index < -0.39 is 118 Å². The molecule has 1 aromatic heterocycles. The minimum Gasteiger partial charge on any atom is -0.691 e. The van der Waals surface area contributed by atoms with Crippen LogP contribution < -0.4 is 48.2 Å². The molecule has 7 amide bonds. The molecule has 0 aliphatic carbocycles. The van der Waals surface area contributed by atoms with Crippen LogP contribution in [0.1, 0.15) is 138 Å². The zero-order chi connectivity index (χ0) is 91.9. The molecule has 5 aliphatic heterocycles. The van der Waals surface area contributed by atoms with E-state index in [9.17, 15) is 74.7 Å². The maximum Gasteiger partial charge on any atom is 0.327 e. The Hall–Kier alpha value is -8.33. The number of fused-ring (bicyclic) bond motifs is 6. The summed E-state index contributed by atoms with van der Waals surface area (Å²) in [5.41, 5.74) is 13.7. The third-order valence-corrected chi connectivity index (χ3v) is 28.7. The van der Waals surface area contributed by atoms with Crippen LogP contribution in [0.2, 0.25) is 0 Å². The van der Waals surface area contributed by atoms with E-state index >= 15 is 0 Å². The van der Waals surface area contributed by atoms with Crippen LogP contribution in [0.5, 0.6) is 0 Å². The number of carbonyl (C=O) groups excluding carboxylic acids is 7. The number of carboxylic acid groups (broad SMARTS) is 1. The van der Waals surface area contributed by atoms with Gasteiger partial charge in [0.05, 0.1) is 57.1 Å². The summed E-state index contributed by atoms with van der Waals surface area (Å²) in [6.07, 6.45) is 12.9. The Morgan fingerprint density at radius 1 is 0.677 bits per heavy atom. The zero-order valence-electron chi connectivity index (χ0n) is 69.3. The first-order valence-electron chi connectivity index (χ1n) is 40.2. The molecule has 16 N–H and O–H groups in total. The first-order chi connectivity index (χ1) is 60.7. The summed E-state index contributed by atoms with van der Waals surface area (Å²) in [4.78, 5) is 119. The Morgan fingerprint density at radius 2 is 1.29 bits per heavy atom. The van der Waals surface area contributed by atoms with Crippen molar-refractivity contribution in [3.05, 3.63) is 119 Å². The summed E-state index contributed by atoms with van der Waals surface area (Å²) in [5.74, 6) is -3.91. The minimum atomic E-state index is -4.86. The van der Waals surface area contributed by atoms with Crippen molar-refractivity contribution in [1.29, 1.82) is 5.41 Å². The minimum absolute atomic E-state index is 0.0238. The van der Waals surface area contributed by atoms with Gasteiger partial charge in [-0.25, -0.2) is 20.6 Å². The lowest BCUT2D eigenvalue weighted by Gasteiger charge is -2.33. The monoisotopic (exact) mass is 1920 g/mol. The van der Waals surface area contributed by atoms with E-state index in [2.05, 4.69) is 51.1 Å². The lowest BCUT2D eigenvalue weighted by molar-refractivity contribution is -0.777. The van der Waals surface area contributed by atoms with Crippen LogP contribution in [0.4, 0.5) is 11.4 Å². The van der Waals surface area contributed by atoms with Crippen molar-refractivity contribution in [3.8, 4) is 0 Å². The number of nitrogens with zero attached hydrogens (tertiary/aromatic N) is 6. The summed E-state index contributed by atoms with van der Waals surface area (Å²) in [7, 11) is -7.19. The highest BCUT2D eigenvalue weighted by atomic mass is 33.1. The first kappa shape index (κ1) is 101. The summed E-state index contributed by atoms with van der Waals surface area (Å²) in [5, 5.41) is 86.3. The normalized spacial score (nSPS) is 18.2. The molecular weight excluding hydrogens is 1820 g/mol. The van der Waals surface area contributed by atoms with Crippen molar-refractivity contribution in [2.75, 3.05) is 86.8 Å². The lowest BCUT2D eigenvalue weighted by Crippen LogP contribution is -2.58. The van der Waals surface area contributed by atoms with Gasteiger partial charge in [0.2, 0.25) is 41.1 Å². The third kappa shape index (κ3) is 25.7. The van der Waals surface area contributed by atoms with Gasteiger partial charge in [0.25, 0.3) is 26.1 Å². The quantitative estimate of drug-likeness (QED) is 0.00182. The van der Waals surface area contributed by atoms with Gasteiger partial charge in [-0.1, -0.05) is 62.7 Å². The van der Waals surface area contributed by atoms with E-state index in [-0.39, 0.29) is 97.9 Å². The molecule has 0 saturated carbocycles. The van der Waals surface area contributed by atoms with E-state index in [0.717, 1.165) is 36.2 Å². The number of carboxylic acids is 1. The zero-order valence-corrected chi connectivity index (χ0v) is 75.8. The van der Waals surface area contributed by atoms with Crippen molar-refractivity contribution in [3.63, 3.8) is 0 Å². The van der Waals surface area contributed by atoms with Crippen LogP contribution in [0, 0.1) is 5.41 Å². The molecule has 4 aromatic carbocycles. The summed E-state index contributed by atoms with van der Waals surface area (Å²) >= 11 is 2.60. The van der Waals surface area contributed by atoms with Crippen molar-refractivity contribution < 1.29 is 132 Å². The Bertz CT molecular complexity index is 5230. The largest absolute Gasteiger partial charge is 0.691 e. The predicted molar refractivity (Wildman–Crippen MR) is 471 cm³/mol. The highest BCUT2D eigenvalue weighted by Crippen LogP contribution is 2.53. The molecule has 5 atom stereocenters. The second-order valence-corrected chi connectivity index (χ2v) is 39.3. The molecule has 0 spiro atoms. The molecule has 41 nitrogen and oxygen atoms in total. The van der Waals surface area contributed by atoms with Crippen LogP contribution in [-0.2, 0) is 102 Å². The fraction of sp³-hybridized carbons (Fsp3) is 0.474. The average molecular weight is 1920 g/mol. The van der Waals surface area contributed by atoms with Gasteiger partial charge in [0.1, 0.15) is 36.8 Å². The van der Waals surface area contributed by atoms with Crippen molar-refractivity contribution in [2.24, 2.45) is 11.5 Å². The fourth-order valence-electron chi connectivity index (χ4n) is 16.4. The molecule has 3 saturated heterocycles. The number of pyridine rings is 1. The van der Waals surface area contributed by atoms with Gasteiger partial charge in [-0.05, 0) is 172 Å². The molecule has 127 heavy (non-hydrogen) atoms. The van der Waals surface area contributed by atoms with Gasteiger partial charge >= 0.3 is 5.97 Å². The van der Waals surface area contributed by atoms with E-state index in [1.54, 1.807) is 36.4 Å². The molecule has 10 rings (SSSR count). The van der Waals surface area contributed by atoms with Gasteiger partial charge in [-0.15, -0.1) is 13.0 Å². The third-order valence-electron chi connectivity index (χ3n) is 22.1. The second-order valence-electron chi connectivity index (χ2n) is 30.8. The van der Waals surface area contributed by atoms with Gasteiger partial charge in [0.15, 0.2) is 11.7 Å². The number of anilines is 1. The highest BCUT2D eigenvalue weighted by molar-refractivity contribution is 8.76. The number of hydrogen-bond acceptors (Lipinski definition) is 34. The Balaban J connectivity index is 0.801. The number of benzene rings is 4. The van der Waals surface area contributed by atoms with E-state index in [4.69, 9.17) is 50.6 Å². The van der Waals surface area contributed by atoms with Crippen LogP contribution in [0.15, 0.2) is 116 Å². The molecule has 6 heterocycles. The molecule has 5 aromatic rings. The number of rotatable bonds is 48. The number of aromatic nitrogens is 1. The standard InChI is InChI=1S/C78H100N14O27S8/c1-77(2)64(88(34-11-36-120-116-112-102)57-24-21-50-52(68(57)77)39-48(126(106,107)108)41-62(50)124-118-114-104)26-19-46(20-27-65-78(3,4)69-53-40-49(127(109,110)111)42-63(125-119-115-105)51(53)22-25-58(69)89(65)35-12-37-121-117-113-103)54-23-18-47(44-85-54)70(95)82-30-10-38-122-123-45-56(75(100)101)86-66(93)17-6-28-83-71(96)59-14-8-32-91(59)74(99)61-16-9-33-92(61)73(98)55(13-5-29-84-76(80)81)87-72(97)60-15-7-31-90(60)67(94)43-79/h18-27,39-42,44,55-56,59-61H,5-17,28-38,43,45,79H2,1-4H3,(H14-,80,81,82,83,84,86,87,93,95,96,97,100,101,102,103,104,105,106,107,108,109,110,111)/t55-,56-,59-,60?,61-/m0/s1. The molecule has 49 heteroatoms. The van der Waals surface area contributed by atoms with Crippen LogP contribution in [-0.4, -0.2) is 242 Å². The lowest BCUT2D eigenvalue weighted by atomic mass is 9.79. The van der Waals surface area contributed by atoms with Crippen molar-refractivity contribution in [2.45, 2.75) is 172 Å². The van der Waals surface area contributed by atoms with E-state index in [0.29, 0.717) is 180 Å². The number of aliphatic carboxylic acids is 1. The highest BCUT2D eigenvalue weighted by Gasteiger charge is 2.48. The maximum atomic E-state index is 14.4. The topological polar surface area (TPSA) is 588 Å². The molecular formula is C78H100N14O27S8. The number of carbonyl (C=O) groups is 8. The molecule has 5 aliphatic rings. The second kappa shape index (κ2) is 47.0. The summed E-state index contributed by atoms with van der Waals surface area (Å²) in [6, 6.07) is 10.2. The Morgan fingerprint density at radius 3 is 1.92 bits per heavy atom. The molecule has 0 radical (unpaired) electrons. The molecule has 3 fully saturated rings. The van der Waals surface area contributed by atoms with Gasteiger partial charge < -0.3 is 68.0 Å². The number of amides is 7. The average Bonchev–Trinajstić information content (AvgIpc) is 1.57. The summed E-state index contributed by atoms with van der Waals surface area (Å²) < 4.78 is 93.4. The fourth-order valence-corrected chi connectivity index (χ4v) is 21.6. The molecule has 0 bridgehead atoms. The number of nitrogens with two attached hydrogens (primary N) is 2. The predicted octanol–water partition coefficient (Wildman–Crippen LogP) is 6.80. The first-order valence-corrected chi connectivity index (χ1v) is 48.8. The Labute approximate surface area is 755 Å². The smallest absolute Gasteiger partial charge is 0.327 e. The number of hydrogen-bond donors (Lipinski definition) is 14. The van der Waals surface area contributed by atoms with Gasteiger partial charge in [-0.2, -0.15) is 25.7 Å². The molecule has 692 valence electrons. The van der Waals surface area contributed by atoms with Crippen molar-refractivity contribution >= 4 is 187 Å². The SMILES string of the molecule is CC1(C)C(/C=C/C(=C/C=C2/N(CCCSOOO)c3ccc4c(SOOO)cc(S(=O)(=O)O)cc4c3C2(C)C)c2ccc(C(=O)NCCCSSC[C@H](NC(=O)CCCNC(=O)[C@@H]3CCCN3C(=O)[C@@H]3CCCN3C(=O)[C@H](CCCNC(=N)N)NC(=O)C3CCCN3C(=O)CN)C(=O)O)cn2)=[N+](CCCSOO[O-])c2ccc3c(SOOO)cc(S(=O)(=O)O)cc3c21. The van der Waals surface area contributed by atoms with Crippen LogP contribution in [0.3, 0.4) is 0 Å². The summed E-state index contributed by atoms with van der Waals surface area (Å²) in [6.45, 7) is 9.14. The van der Waals surface area contributed by atoms with Gasteiger partial charge in [0, 0.05) is 162 Å².